The molecule has 2 N–H and O–H groups in total. The monoisotopic (exact) mass is 358 g/mol. The summed E-state index contributed by atoms with van der Waals surface area (Å²) in [7, 11) is 2.17. The number of nitrogens with one attached hydrogen (secondary N) is 2. The second kappa shape index (κ2) is 6.13. The fraction of sp³-hybridized carbons (Fsp3) is 0.650. The third-order valence-corrected chi connectivity index (χ3v) is 6.87. The lowest BCUT2D eigenvalue weighted by Gasteiger charge is -2.39. The minimum absolute atomic E-state index is 0.00452. The van der Waals surface area contributed by atoms with Gasteiger partial charge in [0.1, 0.15) is 5.75 Å². The number of fused-ring (bicyclic) bond motifs is 3. The molecular weight excluding hydrogens is 328 g/mol. The molecule has 2 atom stereocenters. The maximum atomic E-state index is 12.3. The molecule has 142 valence electrons. The van der Waals surface area contributed by atoms with Crippen molar-refractivity contribution in [2.75, 3.05) is 32.0 Å². The summed E-state index contributed by atoms with van der Waals surface area (Å²) in [5.41, 5.74) is 6.33. The normalized spacial score (nSPS) is 31.2. The molecule has 6 heteroatoms. The number of rotatable bonds is 2. The summed E-state index contributed by atoms with van der Waals surface area (Å²) in [5, 5.41) is 5.70. The average molecular weight is 358 g/mol. The molecule has 26 heavy (non-hydrogen) atoms. The lowest BCUT2D eigenvalue weighted by molar-refractivity contribution is 0.129. The Balaban J connectivity index is 1.55. The highest BCUT2D eigenvalue weighted by Crippen LogP contribution is 2.55. The standard InChI is InChI=1S/C20H30N4O2/c1-14-12-15(26-18(25)22-24-9-6-5-7-10-24)13-16-17(14)21-20(3)19(16,2)8-11-23(20)4/h12-13,21H,5-11H2,1-4H3,(H,22,25)/t19-,20+/m0/s1. The fourth-order valence-corrected chi connectivity index (χ4v) is 4.83. The minimum Gasteiger partial charge on any atom is -0.409 e. The fourth-order valence-electron chi connectivity index (χ4n) is 4.83. The van der Waals surface area contributed by atoms with Crippen LogP contribution in [0.4, 0.5) is 10.5 Å². The number of carbonyl (C=O) groups is 1. The number of hydrogen-bond donors (Lipinski definition) is 2. The highest BCUT2D eigenvalue weighted by atomic mass is 16.6. The number of nitrogens with zero attached hydrogens (tertiary/aromatic N) is 2. The molecule has 3 aliphatic rings. The van der Waals surface area contributed by atoms with Crippen LogP contribution in [0.2, 0.25) is 0 Å². The Morgan fingerprint density at radius 1 is 1.19 bits per heavy atom. The van der Waals surface area contributed by atoms with Gasteiger partial charge < -0.3 is 10.1 Å². The molecule has 4 rings (SSSR count). The van der Waals surface area contributed by atoms with Crippen LogP contribution in [-0.4, -0.2) is 48.3 Å². The number of likely N-dealkylation sites (tertiary alicyclic amines) is 1. The highest BCUT2D eigenvalue weighted by Gasteiger charge is 2.58. The maximum absolute atomic E-state index is 12.3. The van der Waals surface area contributed by atoms with Gasteiger partial charge in [-0.2, -0.15) is 0 Å². The molecule has 6 nitrogen and oxygen atoms in total. The van der Waals surface area contributed by atoms with Crippen LogP contribution < -0.4 is 15.5 Å². The number of carbonyl (C=O) groups excluding carboxylic acids is 1. The van der Waals surface area contributed by atoms with Crippen LogP contribution in [0.5, 0.6) is 5.75 Å². The van der Waals surface area contributed by atoms with Gasteiger partial charge in [0.25, 0.3) is 0 Å². The number of ether oxygens (including phenoxy) is 1. The van der Waals surface area contributed by atoms with Crippen molar-refractivity contribution < 1.29 is 9.53 Å². The number of anilines is 1. The van der Waals surface area contributed by atoms with Crippen LogP contribution in [-0.2, 0) is 5.41 Å². The summed E-state index contributed by atoms with van der Waals surface area (Å²) < 4.78 is 5.64. The molecule has 0 unspecified atom stereocenters. The maximum Gasteiger partial charge on any atom is 0.427 e. The lowest BCUT2D eigenvalue weighted by Crippen LogP contribution is -2.52. The molecule has 0 spiro atoms. The molecule has 0 saturated carbocycles. The lowest BCUT2D eigenvalue weighted by atomic mass is 9.75. The van der Waals surface area contributed by atoms with E-state index < -0.39 is 6.09 Å². The number of benzene rings is 1. The van der Waals surface area contributed by atoms with Gasteiger partial charge in [0.2, 0.25) is 0 Å². The van der Waals surface area contributed by atoms with Gasteiger partial charge in [0, 0.05) is 30.7 Å². The summed E-state index contributed by atoms with van der Waals surface area (Å²) >= 11 is 0. The van der Waals surface area contributed by atoms with Crippen molar-refractivity contribution in [1.82, 2.24) is 15.3 Å². The molecule has 2 fully saturated rings. The van der Waals surface area contributed by atoms with Gasteiger partial charge in [-0.15, -0.1) is 0 Å². The van der Waals surface area contributed by atoms with E-state index in [9.17, 15) is 4.79 Å². The van der Waals surface area contributed by atoms with Crippen LogP contribution in [0.1, 0.15) is 50.7 Å². The highest BCUT2D eigenvalue weighted by molar-refractivity contribution is 5.74. The summed E-state index contributed by atoms with van der Waals surface area (Å²) in [6.45, 7) is 9.50. The molecule has 2 saturated heterocycles. The molecule has 1 amide bonds. The van der Waals surface area contributed by atoms with E-state index in [2.05, 4.69) is 49.5 Å². The van der Waals surface area contributed by atoms with E-state index in [1.165, 1.54) is 17.7 Å². The summed E-state index contributed by atoms with van der Waals surface area (Å²) in [5.74, 6) is 0.623. The van der Waals surface area contributed by atoms with E-state index in [1.54, 1.807) is 0 Å². The zero-order valence-electron chi connectivity index (χ0n) is 16.3. The van der Waals surface area contributed by atoms with Gasteiger partial charge in [-0.05, 0) is 63.4 Å². The Morgan fingerprint density at radius 2 is 1.92 bits per heavy atom. The van der Waals surface area contributed by atoms with E-state index in [0.717, 1.165) is 44.5 Å². The van der Waals surface area contributed by atoms with Crippen LogP contribution in [0, 0.1) is 6.92 Å². The number of likely N-dealkylation sites (N-methyl/N-ethyl adjacent to an activating group) is 1. The molecule has 1 aromatic rings. The number of piperidine rings is 1. The largest absolute Gasteiger partial charge is 0.427 e. The predicted molar refractivity (Wildman–Crippen MR) is 102 cm³/mol. The Hall–Kier alpha value is -1.79. The first-order valence-corrected chi connectivity index (χ1v) is 9.71. The first kappa shape index (κ1) is 17.6. The molecule has 0 aromatic heterocycles. The Bertz CT molecular complexity index is 731. The van der Waals surface area contributed by atoms with Crippen molar-refractivity contribution in [1.29, 1.82) is 0 Å². The van der Waals surface area contributed by atoms with Crippen molar-refractivity contribution in [3.05, 3.63) is 23.3 Å². The number of amides is 1. The van der Waals surface area contributed by atoms with E-state index in [4.69, 9.17) is 4.74 Å². The topological polar surface area (TPSA) is 56.8 Å². The second-order valence-electron chi connectivity index (χ2n) is 8.41. The quantitative estimate of drug-likeness (QED) is 0.850. The minimum atomic E-state index is -0.395. The zero-order chi connectivity index (χ0) is 18.5. The molecule has 0 aliphatic carbocycles. The molecule has 0 bridgehead atoms. The van der Waals surface area contributed by atoms with E-state index in [0.29, 0.717) is 5.75 Å². The van der Waals surface area contributed by atoms with Crippen molar-refractivity contribution in [2.45, 2.75) is 57.5 Å². The Morgan fingerprint density at radius 3 is 2.65 bits per heavy atom. The van der Waals surface area contributed by atoms with Gasteiger partial charge in [0.15, 0.2) is 0 Å². The SMILES string of the molecule is Cc1cc(OC(=O)NN2CCCCC2)cc2c1N[C@]1(C)N(C)CC[C@@]21C. The second-order valence-corrected chi connectivity index (χ2v) is 8.41. The number of hydrogen-bond acceptors (Lipinski definition) is 5. The van der Waals surface area contributed by atoms with Gasteiger partial charge in [-0.25, -0.2) is 9.80 Å². The first-order chi connectivity index (χ1) is 12.3. The van der Waals surface area contributed by atoms with Gasteiger partial charge >= 0.3 is 6.09 Å². The zero-order valence-corrected chi connectivity index (χ0v) is 16.3. The van der Waals surface area contributed by atoms with E-state index >= 15 is 0 Å². The van der Waals surface area contributed by atoms with E-state index in [-0.39, 0.29) is 11.1 Å². The summed E-state index contributed by atoms with van der Waals surface area (Å²) in [6.07, 6.45) is 4.16. The molecule has 0 radical (unpaired) electrons. The van der Waals surface area contributed by atoms with Crippen molar-refractivity contribution in [3.63, 3.8) is 0 Å². The van der Waals surface area contributed by atoms with Crippen molar-refractivity contribution in [3.8, 4) is 5.75 Å². The molecule has 3 heterocycles. The molecular formula is C20H30N4O2. The van der Waals surface area contributed by atoms with Crippen LogP contribution >= 0.6 is 0 Å². The van der Waals surface area contributed by atoms with E-state index in [1.807, 2.05) is 11.1 Å². The third kappa shape index (κ3) is 2.58. The van der Waals surface area contributed by atoms with Crippen molar-refractivity contribution in [2.24, 2.45) is 0 Å². The number of hydrazine groups is 1. The van der Waals surface area contributed by atoms with Crippen LogP contribution in [0.15, 0.2) is 12.1 Å². The Kier molecular flexibility index (Phi) is 4.15. The molecule has 3 aliphatic heterocycles. The smallest absolute Gasteiger partial charge is 0.409 e. The van der Waals surface area contributed by atoms with Gasteiger partial charge in [-0.1, -0.05) is 13.3 Å². The predicted octanol–water partition coefficient (Wildman–Crippen LogP) is 3.22. The molecule has 1 aromatic carbocycles. The average Bonchev–Trinajstić information content (AvgIpc) is 2.96. The van der Waals surface area contributed by atoms with Gasteiger partial charge in [-0.3, -0.25) is 10.3 Å². The Labute approximate surface area is 155 Å². The first-order valence-electron chi connectivity index (χ1n) is 9.71. The summed E-state index contributed by atoms with van der Waals surface area (Å²) in [4.78, 5) is 14.7. The third-order valence-electron chi connectivity index (χ3n) is 6.87. The van der Waals surface area contributed by atoms with Gasteiger partial charge in [0.05, 0.1) is 5.66 Å². The van der Waals surface area contributed by atoms with Crippen LogP contribution in [0.3, 0.4) is 0 Å². The van der Waals surface area contributed by atoms with Crippen molar-refractivity contribution >= 4 is 11.8 Å². The summed E-state index contributed by atoms with van der Waals surface area (Å²) in [6, 6.07) is 4.00. The number of aryl methyl sites for hydroxylation is 1. The van der Waals surface area contributed by atoms with Crippen LogP contribution in [0.25, 0.3) is 0 Å².